The summed E-state index contributed by atoms with van der Waals surface area (Å²) in [5.74, 6) is -1.04. The zero-order valence-corrected chi connectivity index (χ0v) is 22.4. The minimum atomic E-state index is -4.58. The van der Waals surface area contributed by atoms with Crippen LogP contribution >= 0.6 is 11.6 Å². The first-order valence-electron chi connectivity index (χ1n) is 12.0. The Bertz CT molecular complexity index is 1770. The summed E-state index contributed by atoms with van der Waals surface area (Å²) in [7, 11) is -3.98. The number of alkyl halides is 3. The van der Waals surface area contributed by atoms with Crippen LogP contribution in [-0.4, -0.2) is 25.0 Å². The van der Waals surface area contributed by atoms with E-state index in [1.54, 1.807) is 24.3 Å². The Morgan fingerprint density at radius 2 is 1.39 bits per heavy atom. The lowest BCUT2D eigenvalue weighted by Gasteiger charge is -2.27. The fourth-order valence-corrected chi connectivity index (χ4v) is 5.63. The summed E-state index contributed by atoms with van der Waals surface area (Å²) < 4.78 is 67.6. The van der Waals surface area contributed by atoms with E-state index >= 15 is 0 Å². The summed E-state index contributed by atoms with van der Waals surface area (Å²) in [5.41, 5.74) is -0.289. The number of ketones is 2. The van der Waals surface area contributed by atoms with Gasteiger partial charge in [-0.3, -0.25) is 14.3 Å². The molecule has 0 amide bonds. The molecule has 1 atom stereocenters. The van der Waals surface area contributed by atoms with Crippen molar-refractivity contribution in [1.29, 1.82) is 0 Å². The van der Waals surface area contributed by atoms with Crippen molar-refractivity contribution < 1.29 is 31.2 Å². The van der Waals surface area contributed by atoms with Crippen molar-refractivity contribution in [3.8, 4) is 0 Å². The van der Waals surface area contributed by atoms with Crippen molar-refractivity contribution in [2.24, 2.45) is 0 Å². The molecule has 0 saturated carbocycles. The van der Waals surface area contributed by atoms with Crippen LogP contribution in [0.4, 0.5) is 24.7 Å². The molecule has 208 valence electrons. The molecule has 0 aliphatic heterocycles. The van der Waals surface area contributed by atoms with E-state index in [1.165, 1.54) is 60.8 Å². The second-order valence-corrected chi connectivity index (χ2v) is 11.0. The fraction of sp³-hybridized carbons (Fsp3) is 0.0690. The maximum Gasteiger partial charge on any atom is 0.416 e. The second-order valence-electron chi connectivity index (χ2n) is 8.97. The third kappa shape index (κ3) is 5.72. The summed E-state index contributed by atoms with van der Waals surface area (Å²) in [4.78, 5) is 30.5. The first-order chi connectivity index (χ1) is 19.5. The summed E-state index contributed by atoms with van der Waals surface area (Å²) >= 11 is 6.43. The van der Waals surface area contributed by atoms with E-state index in [2.05, 4.69) is 15.0 Å². The van der Waals surface area contributed by atoms with Crippen molar-refractivity contribution in [1.82, 2.24) is 4.98 Å². The highest BCUT2D eigenvalue weighted by atomic mass is 35.5. The first-order valence-corrected chi connectivity index (χ1v) is 13.9. The number of nitrogens with zero attached hydrogens (tertiary/aromatic N) is 1. The Morgan fingerprint density at radius 1 is 0.780 bits per heavy atom. The highest BCUT2D eigenvalue weighted by molar-refractivity contribution is 7.92. The van der Waals surface area contributed by atoms with Gasteiger partial charge in [0.25, 0.3) is 10.0 Å². The SMILES string of the molecule is O=C1C(Cl)=C(C(Nc2ccc(S(=O)(=O)Nc3ccccn3)cc2)c2ccc(C(F)(F)F)cc2)C(=O)c2ccccc21. The Balaban J connectivity index is 1.52. The van der Waals surface area contributed by atoms with E-state index in [-0.39, 0.29) is 38.0 Å². The molecule has 1 unspecified atom stereocenters. The molecule has 41 heavy (non-hydrogen) atoms. The number of pyridine rings is 1. The standard InChI is InChI=1S/C29H19ClF3N3O4S/c30-25-24(27(37)21-5-1-2-6-22(21)28(25)38)26(17-8-10-18(11-9-17)29(31,32)33)35-19-12-14-20(15-13-19)41(39,40)36-23-7-3-4-16-34-23/h1-16,26,35H,(H,34,36). The van der Waals surface area contributed by atoms with E-state index in [4.69, 9.17) is 11.6 Å². The van der Waals surface area contributed by atoms with Crippen LogP contribution in [0.3, 0.4) is 0 Å². The van der Waals surface area contributed by atoms with Crippen LogP contribution in [0.1, 0.15) is 37.9 Å². The minimum Gasteiger partial charge on any atom is -0.374 e. The number of carbonyl (C=O) groups excluding carboxylic acids is 2. The molecule has 0 bridgehead atoms. The van der Waals surface area contributed by atoms with Crippen LogP contribution in [0.15, 0.2) is 113 Å². The molecule has 0 spiro atoms. The number of halogens is 4. The van der Waals surface area contributed by atoms with Crippen LogP contribution < -0.4 is 10.0 Å². The van der Waals surface area contributed by atoms with Gasteiger partial charge in [-0.25, -0.2) is 13.4 Å². The zero-order valence-electron chi connectivity index (χ0n) is 20.8. The van der Waals surface area contributed by atoms with E-state index < -0.39 is 39.4 Å². The number of anilines is 2. The van der Waals surface area contributed by atoms with Crippen molar-refractivity contribution in [3.63, 3.8) is 0 Å². The molecule has 1 aliphatic carbocycles. The number of nitrogens with one attached hydrogen (secondary N) is 2. The smallest absolute Gasteiger partial charge is 0.374 e. The van der Waals surface area contributed by atoms with Gasteiger partial charge in [-0.1, -0.05) is 54.1 Å². The van der Waals surface area contributed by atoms with Gasteiger partial charge in [-0.2, -0.15) is 13.2 Å². The van der Waals surface area contributed by atoms with Crippen molar-refractivity contribution in [2.45, 2.75) is 17.1 Å². The number of aromatic nitrogens is 1. The van der Waals surface area contributed by atoms with Crippen LogP contribution in [0.5, 0.6) is 0 Å². The molecule has 1 aliphatic rings. The van der Waals surface area contributed by atoms with Gasteiger partial charge in [0.05, 0.1) is 21.5 Å². The summed E-state index contributed by atoms with van der Waals surface area (Å²) in [6.45, 7) is 0. The lowest BCUT2D eigenvalue weighted by atomic mass is 9.83. The number of allylic oxidation sites excluding steroid dienone is 1. The maximum atomic E-state index is 13.6. The average molecular weight is 598 g/mol. The summed E-state index contributed by atoms with van der Waals surface area (Å²) in [6.07, 6.45) is -3.15. The Labute approximate surface area is 237 Å². The van der Waals surface area contributed by atoms with Crippen LogP contribution in [0, 0.1) is 0 Å². The molecular weight excluding hydrogens is 579 g/mol. The number of carbonyl (C=O) groups is 2. The zero-order chi connectivity index (χ0) is 29.4. The molecule has 4 aromatic rings. The molecule has 3 aromatic carbocycles. The first kappa shape index (κ1) is 28.1. The van der Waals surface area contributed by atoms with Crippen LogP contribution in [0.25, 0.3) is 0 Å². The van der Waals surface area contributed by atoms with Gasteiger partial charge in [0, 0.05) is 28.6 Å². The molecule has 1 heterocycles. The Hall–Kier alpha value is -4.48. The van der Waals surface area contributed by atoms with E-state index in [1.807, 2.05) is 0 Å². The largest absolute Gasteiger partial charge is 0.416 e. The lowest BCUT2D eigenvalue weighted by Crippen LogP contribution is -2.27. The fourth-order valence-electron chi connectivity index (χ4n) is 4.33. The molecule has 5 rings (SSSR count). The molecule has 0 fully saturated rings. The van der Waals surface area contributed by atoms with E-state index in [0.717, 1.165) is 12.1 Å². The summed E-state index contributed by atoms with van der Waals surface area (Å²) in [5, 5.41) is 2.67. The monoisotopic (exact) mass is 597 g/mol. The highest BCUT2D eigenvalue weighted by Crippen LogP contribution is 2.39. The quantitative estimate of drug-likeness (QED) is 0.248. The molecule has 7 nitrogen and oxygen atoms in total. The minimum absolute atomic E-state index is 0.0881. The Morgan fingerprint density at radius 3 is 1.98 bits per heavy atom. The third-order valence-electron chi connectivity index (χ3n) is 6.34. The third-order valence-corrected chi connectivity index (χ3v) is 8.08. The van der Waals surface area contributed by atoms with Crippen LogP contribution in [-0.2, 0) is 16.2 Å². The number of fused-ring (bicyclic) bond motifs is 1. The second kappa shape index (κ2) is 10.8. The Kier molecular flexibility index (Phi) is 7.41. The molecular formula is C29H19ClF3N3O4S. The van der Waals surface area contributed by atoms with Gasteiger partial charge in [0.1, 0.15) is 5.82 Å². The van der Waals surface area contributed by atoms with E-state index in [0.29, 0.717) is 5.69 Å². The van der Waals surface area contributed by atoms with Gasteiger partial charge in [0.2, 0.25) is 5.78 Å². The molecule has 0 saturated heterocycles. The van der Waals surface area contributed by atoms with Crippen LogP contribution in [0.2, 0.25) is 0 Å². The maximum absolute atomic E-state index is 13.6. The predicted molar refractivity (Wildman–Crippen MR) is 147 cm³/mol. The van der Waals surface area contributed by atoms with Gasteiger partial charge >= 0.3 is 6.18 Å². The molecule has 12 heteroatoms. The normalized spacial score (nSPS) is 14.4. The molecule has 0 radical (unpaired) electrons. The van der Waals surface area contributed by atoms with Crippen molar-refractivity contribution >= 4 is 44.7 Å². The number of benzene rings is 3. The molecule has 2 N–H and O–H groups in total. The van der Waals surface area contributed by atoms with Gasteiger partial charge in [-0.05, 0) is 54.1 Å². The van der Waals surface area contributed by atoms with E-state index in [9.17, 15) is 31.2 Å². The highest BCUT2D eigenvalue weighted by Gasteiger charge is 2.37. The van der Waals surface area contributed by atoms with Crippen molar-refractivity contribution in [2.75, 3.05) is 10.0 Å². The van der Waals surface area contributed by atoms with Gasteiger partial charge in [0.15, 0.2) is 5.78 Å². The molecule has 1 aromatic heterocycles. The van der Waals surface area contributed by atoms with Gasteiger partial charge < -0.3 is 5.32 Å². The number of hydrogen-bond donors (Lipinski definition) is 2. The predicted octanol–water partition coefficient (Wildman–Crippen LogP) is 6.63. The topological polar surface area (TPSA) is 105 Å². The number of sulfonamides is 1. The van der Waals surface area contributed by atoms with Gasteiger partial charge in [-0.15, -0.1) is 0 Å². The average Bonchev–Trinajstić information content (AvgIpc) is 2.96. The number of Topliss-reactive ketones (excluding diaryl/α,β-unsaturated/α-hetero) is 2. The number of rotatable bonds is 7. The number of hydrogen-bond acceptors (Lipinski definition) is 6. The lowest BCUT2D eigenvalue weighted by molar-refractivity contribution is -0.137. The van der Waals surface area contributed by atoms with Crippen molar-refractivity contribution in [3.05, 3.63) is 130 Å². The summed E-state index contributed by atoms with van der Waals surface area (Å²) in [6, 6.07) is 19.2.